The van der Waals surface area contributed by atoms with Gasteiger partial charge in [-0.15, -0.1) is 0 Å². The standard InChI is InChI=1S/C24H19BrN2OS/c1-15-6-10-17(11-7-15)21-22(18-12-8-16(2)9-13-18)29-24(26-21)27-23(28)19-4-3-5-20(25)14-19/h3-14H,1-2H3,(H,26,27,28). The number of hydrogen-bond donors (Lipinski definition) is 1. The lowest BCUT2D eigenvalue weighted by molar-refractivity contribution is 0.102. The van der Waals surface area contributed by atoms with Gasteiger partial charge in [-0.25, -0.2) is 4.98 Å². The number of halogens is 1. The Kier molecular flexibility index (Phi) is 5.60. The van der Waals surface area contributed by atoms with Crippen molar-refractivity contribution < 1.29 is 4.79 Å². The zero-order chi connectivity index (χ0) is 20.4. The summed E-state index contributed by atoms with van der Waals surface area (Å²) < 4.78 is 0.866. The molecule has 1 heterocycles. The summed E-state index contributed by atoms with van der Waals surface area (Å²) in [5, 5.41) is 3.54. The fraction of sp³-hybridized carbons (Fsp3) is 0.0833. The van der Waals surface area contributed by atoms with E-state index in [2.05, 4.69) is 83.6 Å². The highest BCUT2D eigenvalue weighted by molar-refractivity contribution is 9.10. The Morgan fingerprint density at radius 2 is 1.52 bits per heavy atom. The van der Waals surface area contributed by atoms with Crippen molar-refractivity contribution in [2.45, 2.75) is 13.8 Å². The number of carbonyl (C=O) groups is 1. The molecule has 0 aliphatic rings. The van der Waals surface area contributed by atoms with Crippen LogP contribution in [0.3, 0.4) is 0 Å². The first-order valence-corrected chi connectivity index (χ1v) is 10.8. The Morgan fingerprint density at radius 3 is 2.14 bits per heavy atom. The molecule has 0 aliphatic carbocycles. The van der Waals surface area contributed by atoms with Crippen LogP contribution in [0.2, 0.25) is 0 Å². The summed E-state index contributed by atoms with van der Waals surface area (Å²) in [6, 6.07) is 24.0. The van der Waals surface area contributed by atoms with E-state index in [0.717, 1.165) is 26.2 Å². The minimum absolute atomic E-state index is 0.175. The number of hydrogen-bond acceptors (Lipinski definition) is 3. The molecule has 5 heteroatoms. The number of thiazole rings is 1. The van der Waals surface area contributed by atoms with Gasteiger partial charge in [0.1, 0.15) is 0 Å². The Bertz CT molecular complexity index is 1100. The predicted octanol–water partition coefficient (Wildman–Crippen LogP) is 7.11. The molecular formula is C24H19BrN2OS. The molecule has 0 spiro atoms. The van der Waals surface area contributed by atoms with Crippen LogP contribution < -0.4 is 5.32 Å². The summed E-state index contributed by atoms with van der Waals surface area (Å²) in [6.07, 6.45) is 0. The molecule has 1 aromatic heterocycles. The number of aromatic nitrogens is 1. The van der Waals surface area contributed by atoms with Crippen LogP contribution in [0.4, 0.5) is 5.13 Å². The van der Waals surface area contributed by atoms with Gasteiger partial charge in [-0.05, 0) is 37.6 Å². The lowest BCUT2D eigenvalue weighted by atomic mass is 10.0. The lowest BCUT2D eigenvalue weighted by Crippen LogP contribution is -2.11. The Morgan fingerprint density at radius 1 is 0.897 bits per heavy atom. The van der Waals surface area contributed by atoms with Gasteiger partial charge in [0.05, 0.1) is 10.6 Å². The lowest BCUT2D eigenvalue weighted by Gasteiger charge is -2.04. The Labute approximate surface area is 182 Å². The van der Waals surface area contributed by atoms with Gasteiger partial charge in [-0.2, -0.15) is 0 Å². The number of amides is 1. The van der Waals surface area contributed by atoms with E-state index in [9.17, 15) is 4.79 Å². The normalized spacial score (nSPS) is 10.7. The molecule has 0 unspecified atom stereocenters. The molecule has 0 aliphatic heterocycles. The van der Waals surface area contributed by atoms with Crippen molar-refractivity contribution in [2.24, 2.45) is 0 Å². The average molecular weight is 463 g/mol. The third-order valence-electron chi connectivity index (χ3n) is 4.57. The van der Waals surface area contributed by atoms with Gasteiger partial charge in [0.15, 0.2) is 5.13 Å². The monoisotopic (exact) mass is 462 g/mol. The Hall–Kier alpha value is -2.76. The van der Waals surface area contributed by atoms with Crippen molar-refractivity contribution in [3.05, 3.63) is 94.0 Å². The topological polar surface area (TPSA) is 42.0 Å². The first-order valence-electron chi connectivity index (χ1n) is 9.21. The van der Waals surface area contributed by atoms with E-state index in [1.54, 1.807) is 12.1 Å². The summed E-state index contributed by atoms with van der Waals surface area (Å²) >= 11 is 4.90. The smallest absolute Gasteiger partial charge is 0.257 e. The fourth-order valence-corrected chi connectivity index (χ4v) is 4.37. The summed E-state index contributed by atoms with van der Waals surface area (Å²) in [7, 11) is 0. The van der Waals surface area contributed by atoms with Gasteiger partial charge >= 0.3 is 0 Å². The predicted molar refractivity (Wildman–Crippen MR) is 125 cm³/mol. The van der Waals surface area contributed by atoms with Gasteiger partial charge in [-0.1, -0.05) is 93.0 Å². The van der Waals surface area contributed by atoms with E-state index >= 15 is 0 Å². The molecule has 1 amide bonds. The minimum atomic E-state index is -0.175. The van der Waals surface area contributed by atoms with Gasteiger partial charge in [-0.3, -0.25) is 10.1 Å². The molecule has 3 aromatic carbocycles. The average Bonchev–Trinajstić information content (AvgIpc) is 3.13. The van der Waals surface area contributed by atoms with Crippen LogP contribution in [0, 0.1) is 13.8 Å². The zero-order valence-corrected chi connectivity index (χ0v) is 18.5. The van der Waals surface area contributed by atoms with Crippen molar-refractivity contribution in [1.29, 1.82) is 0 Å². The van der Waals surface area contributed by atoms with E-state index in [-0.39, 0.29) is 5.91 Å². The zero-order valence-electron chi connectivity index (χ0n) is 16.1. The van der Waals surface area contributed by atoms with Gasteiger partial charge < -0.3 is 0 Å². The second kappa shape index (κ2) is 8.31. The van der Waals surface area contributed by atoms with E-state index in [1.165, 1.54) is 22.5 Å². The summed E-state index contributed by atoms with van der Waals surface area (Å²) in [4.78, 5) is 18.5. The van der Waals surface area contributed by atoms with Crippen LogP contribution in [-0.2, 0) is 0 Å². The molecule has 3 nitrogen and oxygen atoms in total. The molecule has 0 fully saturated rings. The van der Waals surface area contributed by atoms with Crippen LogP contribution in [0.5, 0.6) is 0 Å². The second-order valence-electron chi connectivity index (χ2n) is 6.89. The van der Waals surface area contributed by atoms with Gasteiger partial charge in [0.2, 0.25) is 0 Å². The van der Waals surface area contributed by atoms with Crippen molar-refractivity contribution in [3.8, 4) is 21.7 Å². The first kappa shape index (κ1) is 19.6. The molecule has 29 heavy (non-hydrogen) atoms. The molecular weight excluding hydrogens is 444 g/mol. The molecule has 1 N–H and O–H groups in total. The number of carbonyl (C=O) groups excluding carboxylic acids is 1. The number of anilines is 1. The van der Waals surface area contributed by atoms with Crippen molar-refractivity contribution >= 4 is 38.3 Å². The minimum Gasteiger partial charge on any atom is -0.298 e. The second-order valence-corrected chi connectivity index (χ2v) is 8.81. The molecule has 144 valence electrons. The van der Waals surface area contributed by atoms with E-state index < -0.39 is 0 Å². The number of nitrogens with zero attached hydrogens (tertiary/aromatic N) is 1. The fourth-order valence-electron chi connectivity index (χ4n) is 2.98. The van der Waals surface area contributed by atoms with E-state index in [0.29, 0.717) is 10.7 Å². The third kappa shape index (κ3) is 4.47. The third-order valence-corrected chi connectivity index (χ3v) is 6.09. The van der Waals surface area contributed by atoms with Crippen LogP contribution in [0.25, 0.3) is 21.7 Å². The van der Waals surface area contributed by atoms with Crippen molar-refractivity contribution in [1.82, 2.24) is 4.98 Å². The largest absolute Gasteiger partial charge is 0.298 e. The molecule has 0 atom stereocenters. The first-order chi connectivity index (χ1) is 14.0. The Balaban J connectivity index is 1.73. The maximum atomic E-state index is 12.7. The van der Waals surface area contributed by atoms with Gasteiger partial charge in [0.25, 0.3) is 5.91 Å². The SMILES string of the molecule is Cc1ccc(-c2nc(NC(=O)c3cccc(Br)c3)sc2-c2ccc(C)cc2)cc1. The van der Waals surface area contributed by atoms with Gasteiger partial charge in [0, 0.05) is 15.6 Å². The van der Waals surface area contributed by atoms with E-state index in [4.69, 9.17) is 4.98 Å². The number of nitrogens with one attached hydrogen (secondary N) is 1. The van der Waals surface area contributed by atoms with Crippen LogP contribution in [0.1, 0.15) is 21.5 Å². The number of rotatable bonds is 4. The highest BCUT2D eigenvalue weighted by Gasteiger charge is 2.17. The summed E-state index contributed by atoms with van der Waals surface area (Å²) in [6.45, 7) is 4.14. The van der Waals surface area contributed by atoms with Crippen LogP contribution in [-0.4, -0.2) is 10.9 Å². The van der Waals surface area contributed by atoms with Crippen LogP contribution in [0.15, 0.2) is 77.3 Å². The van der Waals surface area contributed by atoms with E-state index in [1.807, 2.05) is 12.1 Å². The quantitative estimate of drug-likeness (QED) is 0.351. The highest BCUT2D eigenvalue weighted by atomic mass is 79.9. The molecule has 4 rings (SSSR count). The van der Waals surface area contributed by atoms with Crippen molar-refractivity contribution in [3.63, 3.8) is 0 Å². The molecule has 0 radical (unpaired) electrons. The number of aryl methyl sites for hydroxylation is 2. The molecule has 0 saturated heterocycles. The molecule has 0 bridgehead atoms. The highest BCUT2D eigenvalue weighted by Crippen LogP contribution is 2.39. The van der Waals surface area contributed by atoms with Crippen LogP contribution >= 0.6 is 27.3 Å². The molecule has 0 saturated carbocycles. The maximum absolute atomic E-state index is 12.7. The molecule has 4 aromatic rings. The summed E-state index contributed by atoms with van der Waals surface area (Å²) in [5.74, 6) is -0.175. The summed E-state index contributed by atoms with van der Waals surface area (Å²) in [5.41, 5.74) is 5.99. The van der Waals surface area contributed by atoms with Crippen molar-refractivity contribution in [2.75, 3.05) is 5.32 Å². The number of benzene rings is 3. The maximum Gasteiger partial charge on any atom is 0.257 e.